The normalized spacial score (nSPS) is 11.6. The fourth-order valence-corrected chi connectivity index (χ4v) is 9.65. The van der Waals surface area contributed by atoms with Crippen LogP contribution in [0.5, 0.6) is 0 Å². The van der Waals surface area contributed by atoms with Crippen molar-refractivity contribution < 1.29 is 4.43 Å². The summed E-state index contributed by atoms with van der Waals surface area (Å²) >= 11 is 0. The van der Waals surface area contributed by atoms with Crippen LogP contribution in [0.25, 0.3) is 0 Å². The van der Waals surface area contributed by atoms with E-state index in [0.29, 0.717) is 17.6 Å². The van der Waals surface area contributed by atoms with E-state index in [-0.39, 0.29) is 0 Å². The monoisotopic (exact) mass is 280 g/mol. The minimum atomic E-state index is 0.583. The Balaban J connectivity index is 0. The summed E-state index contributed by atoms with van der Waals surface area (Å²) in [5.41, 5.74) is 0. The molecule has 0 saturated heterocycles. The van der Waals surface area contributed by atoms with Crippen LogP contribution in [0.2, 0.25) is 6.04 Å². The van der Waals surface area contributed by atoms with Gasteiger partial charge in [-0.1, -0.05) is 51.5 Å². The number of unbranched alkanes of at least 4 members (excludes halogenated alkanes) is 5. The predicted molar refractivity (Wildman–Crippen MR) is 86.8 cm³/mol. The van der Waals surface area contributed by atoms with Crippen LogP contribution in [0.4, 0.5) is 0 Å². The van der Waals surface area contributed by atoms with Gasteiger partial charge in [0.25, 0.3) is 0 Å². The maximum absolute atomic E-state index is 4.68. The topological polar surface area (TPSA) is 9.23 Å². The van der Waals surface area contributed by atoms with Crippen molar-refractivity contribution in [2.45, 2.75) is 58.4 Å². The highest BCUT2D eigenvalue weighted by molar-refractivity contribution is 7.23. The maximum Gasteiger partial charge on any atom is 0.145 e. The van der Waals surface area contributed by atoms with Gasteiger partial charge in [-0.25, -0.2) is 0 Å². The summed E-state index contributed by atoms with van der Waals surface area (Å²) in [7, 11) is 3.73. The predicted octanol–water partition coefficient (Wildman–Crippen LogP) is -0.399. The number of rotatable bonds is 9. The molecule has 0 spiro atoms. The average molecular weight is 281 g/mol. The molecule has 0 unspecified atom stereocenters. The van der Waals surface area contributed by atoms with Gasteiger partial charge in [0.05, 0.1) is 0 Å². The Morgan fingerprint density at radius 2 is 1.53 bits per heavy atom. The van der Waals surface area contributed by atoms with E-state index in [9.17, 15) is 0 Å². The van der Waals surface area contributed by atoms with Crippen LogP contribution in [-0.4, -0.2) is 44.4 Å². The van der Waals surface area contributed by atoms with E-state index in [1.165, 1.54) is 25.7 Å². The quantitative estimate of drug-likeness (QED) is 0.413. The molecule has 0 aromatic rings. The highest BCUT2D eigenvalue weighted by Crippen LogP contribution is 2.06. The van der Waals surface area contributed by atoms with Gasteiger partial charge in [0, 0.05) is 15.6 Å². The van der Waals surface area contributed by atoms with E-state index in [4.69, 9.17) is 0 Å². The van der Waals surface area contributed by atoms with Gasteiger partial charge < -0.3 is 4.43 Å². The third-order valence-corrected chi connectivity index (χ3v) is 14.8. The van der Waals surface area contributed by atoms with Gasteiger partial charge >= 0.3 is 0 Å². The second-order valence-corrected chi connectivity index (χ2v) is 21.2. The van der Waals surface area contributed by atoms with Crippen molar-refractivity contribution in [3.63, 3.8) is 0 Å². The Hall–Kier alpha value is 0.828. The second kappa shape index (κ2) is 20.3. The summed E-state index contributed by atoms with van der Waals surface area (Å²) in [6, 6.07) is 1.70. The zero-order valence-corrected chi connectivity index (χ0v) is 18.3. The van der Waals surface area contributed by atoms with Gasteiger partial charge in [-0.05, 0) is 25.2 Å². The molecule has 0 bridgehead atoms. The lowest BCUT2D eigenvalue weighted by Crippen LogP contribution is -2.01. The van der Waals surface area contributed by atoms with Gasteiger partial charge in [-0.15, -0.1) is 0 Å². The minimum Gasteiger partial charge on any atom is -0.428 e. The fourth-order valence-electron chi connectivity index (χ4n) is 1.38. The van der Waals surface area contributed by atoms with Crippen molar-refractivity contribution in [3.05, 3.63) is 0 Å². The summed E-state index contributed by atoms with van der Waals surface area (Å²) in [4.78, 5) is 0. The first-order valence-electron chi connectivity index (χ1n) is 6.82. The molecule has 0 fully saturated rings. The Labute approximate surface area is 107 Å². The summed E-state index contributed by atoms with van der Waals surface area (Å²) in [5, 5.41) is 0. The summed E-state index contributed by atoms with van der Waals surface area (Å²) < 4.78 is 4.68. The van der Waals surface area contributed by atoms with Crippen molar-refractivity contribution in [3.8, 4) is 0 Å². The summed E-state index contributed by atoms with van der Waals surface area (Å²) in [5.74, 6) is 0. The molecule has 0 aliphatic carbocycles. The molecule has 0 atom stereocenters. The maximum atomic E-state index is 4.68. The lowest BCUT2D eigenvalue weighted by molar-refractivity contribution is 0.375. The largest absolute Gasteiger partial charge is 0.428 e. The zero-order chi connectivity index (χ0) is 11.8. The lowest BCUT2D eigenvalue weighted by Gasteiger charge is -1.98. The lowest BCUT2D eigenvalue weighted by atomic mass is 10.1. The van der Waals surface area contributed by atoms with Gasteiger partial charge in [-0.3, -0.25) is 0 Å². The van der Waals surface area contributed by atoms with Crippen LogP contribution in [-0.2, 0) is 4.43 Å². The van der Waals surface area contributed by atoms with Crippen LogP contribution >= 0.6 is 0 Å². The van der Waals surface area contributed by atoms with Crippen LogP contribution < -0.4 is 0 Å². The van der Waals surface area contributed by atoms with Gasteiger partial charge in [0.2, 0.25) is 0 Å². The Morgan fingerprint density at radius 3 is 2.00 bits per heavy atom. The third kappa shape index (κ3) is 25.3. The number of hydrogen-bond acceptors (Lipinski definition) is 1. The van der Waals surface area contributed by atoms with Crippen LogP contribution in [0.15, 0.2) is 0 Å². The third-order valence-electron chi connectivity index (χ3n) is 2.50. The molecule has 0 amide bonds. The molecule has 0 N–H and O–H groups in total. The molecule has 0 radical (unpaired) electrons. The SMILES string of the molecule is CCCCCCCC[SiH2][SiH2][SiH3].CCO[SiH3]. The van der Waals surface area contributed by atoms with Gasteiger partial charge in [0.1, 0.15) is 10.5 Å². The van der Waals surface area contributed by atoms with Gasteiger partial charge in [-0.2, -0.15) is 0 Å². The molecule has 0 saturated carbocycles. The Kier molecular flexibility index (Phi) is 24.6. The van der Waals surface area contributed by atoms with Crippen molar-refractivity contribution in [1.82, 2.24) is 0 Å². The molecule has 0 aromatic carbocycles. The first kappa shape index (κ1) is 18.2. The Bertz CT molecular complexity index is 83.5. The zero-order valence-electron chi connectivity index (χ0n) is 11.5. The van der Waals surface area contributed by atoms with Crippen molar-refractivity contribution in [2.24, 2.45) is 0 Å². The first-order chi connectivity index (χ1) is 7.33. The molecule has 0 aliphatic heterocycles. The standard InChI is InChI=1S/C8H24Si3.C2H8OSi/c1-2-3-4-5-6-7-8-10-11-9;1-2-3-4/h2-8,10-11H2,1,9H3;2H2,1,4H3. The first-order valence-corrected chi connectivity index (χ1v) is 18.3. The van der Waals surface area contributed by atoms with Crippen molar-refractivity contribution >= 4 is 37.8 Å². The molecule has 0 heterocycles. The summed E-state index contributed by atoms with van der Waals surface area (Å²) in [6.07, 6.45) is 9.00. The molecule has 5 heteroatoms. The average Bonchev–Trinajstić information content (AvgIpc) is 2.28. The van der Waals surface area contributed by atoms with Crippen molar-refractivity contribution in [2.75, 3.05) is 6.61 Å². The molecule has 0 aliphatic rings. The van der Waals surface area contributed by atoms with Crippen LogP contribution in [0.1, 0.15) is 52.4 Å². The Morgan fingerprint density at radius 1 is 1.00 bits per heavy atom. The van der Waals surface area contributed by atoms with Crippen LogP contribution in [0.3, 0.4) is 0 Å². The summed E-state index contributed by atoms with van der Waals surface area (Å²) in [6.45, 7) is 5.17. The van der Waals surface area contributed by atoms with Crippen molar-refractivity contribution in [1.29, 1.82) is 0 Å². The minimum absolute atomic E-state index is 0.583. The molecule has 1 nitrogen and oxygen atoms in total. The highest BCUT2D eigenvalue weighted by Gasteiger charge is 1.89. The molecular weight excluding hydrogens is 248 g/mol. The van der Waals surface area contributed by atoms with Gasteiger partial charge in [0.15, 0.2) is 0 Å². The molecule has 0 rings (SSSR count). The molecular formula is C10H32OSi4. The number of hydrogen-bond donors (Lipinski definition) is 0. The van der Waals surface area contributed by atoms with E-state index in [1.54, 1.807) is 28.6 Å². The van der Waals surface area contributed by atoms with E-state index >= 15 is 0 Å². The molecule has 94 valence electrons. The molecule has 15 heavy (non-hydrogen) atoms. The fraction of sp³-hybridized carbons (Fsp3) is 1.00. The van der Waals surface area contributed by atoms with Crippen LogP contribution in [0, 0.1) is 0 Å². The smallest absolute Gasteiger partial charge is 0.145 e. The van der Waals surface area contributed by atoms with E-state index in [2.05, 4.69) is 11.3 Å². The van der Waals surface area contributed by atoms with E-state index in [1.807, 2.05) is 6.92 Å². The van der Waals surface area contributed by atoms with E-state index in [0.717, 1.165) is 17.1 Å². The highest BCUT2D eigenvalue weighted by atomic mass is 29.5. The molecule has 0 aromatic heterocycles. The van der Waals surface area contributed by atoms with E-state index < -0.39 is 0 Å². The second-order valence-electron chi connectivity index (χ2n) is 4.05.